The lowest BCUT2D eigenvalue weighted by atomic mass is 9.98. The van der Waals surface area contributed by atoms with Crippen molar-refractivity contribution in [2.45, 2.75) is 6.42 Å². The SMILES string of the molecule is Fc1ccc(-c2ccc3cc(-c4cccc(Cc5cccc(-c6ccccn6)c5)c4)ncc3c2)cc1. The van der Waals surface area contributed by atoms with Gasteiger partial charge in [-0.2, -0.15) is 0 Å². The molecule has 0 atom stereocenters. The summed E-state index contributed by atoms with van der Waals surface area (Å²) in [5.74, 6) is -0.228. The molecule has 0 spiro atoms. The van der Waals surface area contributed by atoms with Crippen LogP contribution in [0.15, 0.2) is 128 Å². The number of pyridine rings is 2. The first-order chi connectivity index (χ1) is 17.7. The summed E-state index contributed by atoms with van der Waals surface area (Å²) in [4.78, 5) is 9.24. The van der Waals surface area contributed by atoms with Crippen LogP contribution < -0.4 is 0 Å². The van der Waals surface area contributed by atoms with E-state index < -0.39 is 0 Å². The summed E-state index contributed by atoms with van der Waals surface area (Å²) in [5, 5.41) is 2.18. The minimum atomic E-state index is -0.228. The molecule has 0 saturated carbocycles. The molecule has 172 valence electrons. The second-order valence-corrected chi connectivity index (χ2v) is 8.93. The Labute approximate surface area is 209 Å². The molecular formula is C33H23FN2. The van der Waals surface area contributed by atoms with Crippen molar-refractivity contribution >= 4 is 10.8 Å². The van der Waals surface area contributed by atoms with Crippen LogP contribution in [0.1, 0.15) is 11.1 Å². The average molecular weight is 467 g/mol. The molecule has 2 nitrogen and oxygen atoms in total. The van der Waals surface area contributed by atoms with Crippen molar-refractivity contribution in [3.05, 3.63) is 145 Å². The Bertz CT molecular complexity index is 1660. The van der Waals surface area contributed by atoms with Crippen molar-refractivity contribution in [1.82, 2.24) is 9.97 Å². The van der Waals surface area contributed by atoms with E-state index in [0.29, 0.717) is 0 Å². The second-order valence-electron chi connectivity index (χ2n) is 8.93. The molecular weight excluding hydrogens is 443 g/mol. The van der Waals surface area contributed by atoms with Gasteiger partial charge in [0.1, 0.15) is 5.82 Å². The highest BCUT2D eigenvalue weighted by Gasteiger charge is 2.07. The van der Waals surface area contributed by atoms with Crippen LogP contribution in [0.2, 0.25) is 0 Å². The zero-order chi connectivity index (χ0) is 24.3. The van der Waals surface area contributed by atoms with Crippen molar-refractivity contribution in [2.75, 3.05) is 0 Å². The number of benzene rings is 4. The van der Waals surface area contributed by atoms with Gasteiger partial charge in [0.25, 0.3) is 0 Å². The van der Waals surface area contributed by atoms with Crippen LogP contribution in [0.25, 0.3) is 44.4 Å². The maximum Gasteiger partial charge on any atom is 0.123 e. The molecule has 36 heavy (non-hydrogen) atoms. The molecule has 0 radical (unpaired) electrons. The summed E-state index contributed by atoms with van der Waals surface area (Å²) >= 11 is 0. The third-order valence-corrected chi connectivity index (χ3v) is 6.42. The van der Waals surface area contributed by atoms with E-state index in [1.807, 2.05) is 30.6 Å². The van der Waals surface area contributed by atoms with Gasteiger partial charge in [0.2, 0.25) is 0 Å². The van der Waals surface area contributed by atoms with Gasteiger partial charge in [0.05, 0.1) is 11.4 Å². The molecule has 0 amide bonds. The number of fused-ring (bicyclic) bond motifs is 1. The second kappa shape index (κ2) is 9.55. The van der Waals surface area contributed by atoms with Gasteiger partial charge < -0.3 is 0 Å². The van der Waals surface area contributed by atoms with Crippen LogP contribution in [-0.4, -0.2) is 9.97 Å². The first kappa shape index (κ1) is 21.9. The summed E-state index contributed by atoms with van der Waals surface area (Å²) in [6, 6.07) is 38.1. The predicted octanol–water partition coefficient (Wildman–Crippen LogP) is 8.36. The van der Waals surface area contributed by atoms with E-state index in [-0.39, 0.29) is 5.82 Å². The molecule has 0 unspecified atom stereocenters. The monoisotopic (exact) mass is 466 g/mol. The number of rotatable bonds is 5. The van der Waals surface area contributed by atoms with Crippen LogP contribution in [0.3, 0.4) is 0 Å². The Morgan fingerprint density at radius 2 is 1.22 bits per heavy atom. The minimum Gasteiger partial charge on any atom is -0.256 e. The van der Waals surface area contributed by atoms with Crippen molar-refractivity contribution in [3.63, 3.8) is 0 Å². The molecule has 2 aromatic heterocycles. The molecule has 0 N–H and O–H groups in total. The third-order valence-electron chi connectivity index (χ3n) is 6.42. The number of aromatic nitrogens is 2. The molecule has 3 heteroatoms. The molecule has 2 heterocycles. The fraction of sp³-hybridized carbons (Fsp3) is 0.0303. The van der Waals surface area contributed by atoms with E-state index in [1.165, 1.54) is 23.3 Å². The molecule has 0 aliphatic heterocycles. The van der Waals surface area contributed by atoms with E-state index in [1.54, 1.807) is 12.1 Å². The van der Waals surface area contributed by atoms with E-state index in [0.717, 1.165) is 50.8 Å². The Morgan fingerprint density at radius 3 is 1.94 bits per heavy atom. The third kappa shape index (κ3) is 4.64. The molecule has 0 aliphatic carbocycles. The van der Waals surface area contributed by atoms with Gasteiger partial charge in [-0.3, -0.25) is 9.97 Å². The van der Waals surface area contributed by atoms with Gasteiger partial charge >= 0.3 is 0 Å². The fourth-order valence-electron chi connectivity index (χ4n) is 4.57. The topological polar surface area (TPSA) is 25.8 Å². The lowest BCUT2D eigenvalue weighted by Gasteiger charge is -2.09. The normalized spacial score (nSPS) is 11.0. The highest BCUT2D eigenvalue weighted by atomic mass is 19.1. The molecule has 6 rings (SSSR count). The van der Waals surface area contributed by atoms with Crippen LogP contribution in [0.5, 0.6) is 0 Å². The predicted molar refractivity (Wildman–Crippen MR) is 145 cm³/mol. The van der Waals surface area contributed by atoms with E-state index in [2.05, 4.69) is 77.8 Å². The lowest BCUT2D eigenvalue weighted by molar-refractivity contribution is 0.628. The van der Waals surface area contributed by atoms with Crippen molar-refractivity contribution in [3.8, 4) is 33.6 Å². The van der Waals surface area contributed by atoms with Crippen molar-refractivity contribution in [2.24, 2.45) is 0 Å². The first-order valence-electron chi connectivity index (χ1n) is 12.0. The summed E-state index contributed by atoms with van der Waals surface area (Å²) in [5.41, 5.74) is 8.67. The van der Waals surface area contributed by atoms with E-state index in [4.69, 9.17) is 4.98 Å². The summed E-state index contributed by atoms with van der Waals surface area (Å²) in [7, 11) is 0. The highest BCUT2D eigenvalue weighted by molar-refractivity contribution is 5.89. The van der Waals surface area contributed by atoms with Gasteiger partial charge in [0.15, 0.2) is 0 Å². The maximum atomic E-state index is 13.3. The largest absolute Gasteiger partial charge is 0.256 e. The maximum absolute atomic E-state index is 13.3. The number of nitrogens with zero attached hydrogens (tertiary/aromatic N) is 2. The molecule has 0 fully saturated rings. The molecule has 4 aromatic carbocycles. The minimum absolute atomic E-state index is 0.228. The Balaban J connectivity index is 1.26. The number of halogens is 1. The van der Waals surface area contributed by atoms with Crippen LogP contribution >= 0.6 is 0 Å². The quantitative estimate of drug-likeness (QED) is 0.255. The molecule has 6 aromatic rings. The molecule has 0 aliphatic rings. The summed E-state index contributed by atoms with van der Waals surface area (Å²) in [6.45, 7) is 0. The van der Waals surface area contributed by atoms with Gasteiger partial charge in [-0.25, -0.2) is 4.39 Å². The number of hydrogen-bond acceptors (Lipinski definition) is 2. The first-order valence-corrected chi connectivity index (χ1v) is 12.0. The van der Waals surface area contributed by atoms with Gasteiger partial charge in [0, 0.05) is 28.9 Å². The summed E-state index contributed by atoms with van der Waals surface area (Å²) < 4.78 is 13.3. The smallest absolute Gasteiger partial charge is 0.123 e. The van der Waals surface area contributed by atoms with Crippen molar-refractivity contribution in [1.29, 1.82) is 0 Å². The highest BCUT2D eigenvalue weighted by Crippen LogP contribution is 2.28. The van der Waals surface area contributed by atoms with Gasteiger partial charge in [-0.15, -0.1) is 0 Å². The van der Waals surface area contributed by atoms with Gasteiger partial charge in [-0.1, -0.05) is 66.7 Å². The van der Waals surface area contributed by atoms with Crippen LogP contribution in [0.4, 0.5) is 4.39 Å². The van der Waals surface area contributed by atoms with Crippen LogP contribution in [-0.2, 0) is 6.42 Å². The zero-order valence-electron chi connectivity index (χ0n) is 19.6. The summed E-state index contributed by atoms with van der Waals surface area (Å²) in [6.07, 6.45) is 4.58. The lowest BCUT2D eigenvalue weighted by Crippen LogP contribution is -1.92. The van der Waals surface area contributed by atoms with Crippen LogP contribution in [0, 0.1) is 5.82 Å². The molecule has 0 saturated heterocycles. The Kier molecular flexibility index (Phi) is 5.80. The van der Waals surface area contributed by atoms with Gasteiger partial charge in [-0.05, 0) is 82.6 Å². The number of hydrogen-bond donors (Lipinski definition) is 0. The zero-order valence-corrected chi connectivity index (χ0v) is 19.6. The molecule has 0 bridgehead atoms. The average Bonchev–Trinajstić information content (AvgIpc) is 2.94. The van der Waals surface area contributed by atoms with E-state index >= 15 is 0 Å². The standard InChI is InChI=1S/C33H23FN2/c34-31-14-12-25(13-15-31)26-10-11-27-21-33(36-22-30(27)20-26)29-8-4-6-24(19-29)17-23-5-3-7-28(18-23)32-9-1-2-16-35-32/h1-16,18-22H,17H2. The van der Waals surface area contributed by atoms with Crippen molar-refractivity contribution < 1.29 is 4.39 Å². The Morgan fingerprint density at radius 1 is 0.500 bits per heavy atom. The fourth-order valence-corrected chi connectivity index (χ4v) is 4.57. The Hall–Kier alpha value is -4.63. The van der Waals surface area contributed by atoms with E-state index in [9.17, 15) is 4.39 Å².